The SMILES string of the molecule is CC.CC.CCC(=O)NN(CCCCN)C(=O)NCCOCCOCCOCCNC(=O)CCCC(=O)N1CCN(c2cc(C(CC(=O)OC)CN3CCC(CCc4ccc5c(n4)NCCC5)C3)cc(-n3nc(C)cc3C)c2)CC1.CCCC. The first-order chi connectivity index (χ1) is 40.8. The third-order valence-corrected chi connectivity index (χ3v) is 14.7. The molecule has 6 rings (SSSR count). The number of aromatic nitrogens is 3. The number of carbonyl (C=O) groups excluding carboxylic acids is 5. The second kappa shape index (κ2) is 42.9. The maximum Gasteiger partial charge on any atom is 0.336 e. The normalized spacial score (nSPS) is 14.9. The van der Waals surface area contributed by atoms with Crippen molar-refractivity contribution in [3.8, 4) is 5.69 Å². The number of unbranched alkanes of at least 4 members (excludes halogenated alkanes) is 2. The van der Waals surface area contributed by atoms with Crippen molar-refractivity contribution < 1.29 is 42.9 Å². The van der Waals surface area contributed by atoms with Crippen molar-refractivity contribution in [3.05, 3.63) is 64.6 Å². The first-order valence-electron chi connectivity index (χ1n) is 31.6. The van der Waals surface area contributed by atoms with Gasteiger partial charge in [-0.2, -0.15) is 5.10 Å². The van der Waals surface area contributed by atoms with Crippen LogP contribution in [0, 0.1) is 19.8 Å². The predicted molar refractivity (Wildman–Crippen MR) is 335 cm³/mol. The van der Waals surface area contributed by atoms with E-state index in [0.29, 0.717) is 104 Å². The number of methoxy groups -OCH3 is 1. The molecule has 84 heavy (non-hydrogen) atoms. The number of anilines is 2. The molecular weight excluding hydrogens is 1070 g/mol. The summed E-state index contributed by atoms with van der Waals surface area (Å²) in [6.07, 6.45) is 11.0. The molecule has 0 aliphatic carbocycles. The van der Waals surface area contributed by atoms with Gasteiger partial charge in [0.25, 0.3) is 0 Å². The van der Waals surface area contributed by atoms with Gasteiger partial charge < -0.3 is 55.3 Å². The van der Waals surface area contributed by atoms with Crippen LogP contribution in [0.4, 0.5) is 16.3 Å². The Morgan fingerprint density at radius 1 is 0.798 bits per heavy atom. The highest BCUT2D eigenvalue weighted by atomic mass is 16.5. The standard InChI is InChI=1S/C55H86N12O9.C4H10.2C2H6/c1-5-50(68)62-66(22-7-6-18-56)55(72)59-21-29-75-31-33-76-32-30-74-28-20-57-51(69)11-8-12-52(70)65-26-24-64(25-27-65)48-35-45(36-49(38-48)67-42(3)34-41(2)61-67)46(37-53(71)73-4)40-63-23-17-43(39-63)13-15-47-16-14-44-10-9-19-58-54(44)60-47;1-3-4-2;2*1-2/h14,16,34-36,38,43,46H,5-13,15,17-33,37,39-40,56H2,1-4H3,(H,57,69)(H,58,60)(H,59,72)(H,62,68);3-4H2,1-2H3;2*1-2H3. The summed E-state index contributed by atoms with van der Waals surface area (Å²) in [5.41, 5.74) is 15.6. The third kappa shape index (κ3) is 27.0. The number of carbonyl (C=O) groups is 5. The minimum atomic E-state index is -0.399. The summed E-state index contributed by atoms with van der Waals surface area (Å²) < 4.78 is 23.9. The molecule has 2 unspecified atom stereocenters. The molecule has 474 valence electrons. The molecule has 5 heterocycles. The summed E-state index contributed by atoms with van der Waals surface area (Å²) in [7, 11) is 1.46. The molecule has 0 bridgehead atoms. The summed E-state index contributed by atoms with van der Waals surface area (Å²) >= 11 is 0. The molecule has 0 saturated carbocycles. The van der Waals surface area contributed by atoms with Gasteiger partial charge in [-0.05, 0) is 126 Å². The molecule has 5 amide bonds. The van der Waals surface area contributed by atoms with Crippen LogP contribution < -0.4 is 32.0 Å². The van der Waals surface area contributed by atoms with Crippen LogP contribution in [0.5, 0.6) is 0 Å². The molecular formula is C63H108N12O9. The number of nitrogens with zero attached hydrogens (tertiary/aromatic N) is 7. The van der Waals surface area contributed by atoms with E-state index in [1.807, 2.05) is 44.2 Å². The number of hydrogen-bond donors (Lipinski definition) is 5. The van der Waals surface area contributed by atoms with E-state index in [1.54, 1.807) is 6.92 Å². The van der Waals surface area contributed by atoms with Gasteiger partial charge >= 0.3 is 12.0 Å². The van der Waals surface area contributed by atoms with Gasteiger partial charge in [-0.3, -0.25) is 24.6 Å². The summed E-state index contributed by atoms with van der Waals surface area (Å²) in [5, 5.41) is 15.2. The number of aryl methyl sites for hydroxylation is 4. The molecule has 2 fully saturated rings. The molecule has 21 nitrogen and oxygen atoms in total. The fraction of sp³-hybridized carbons (Fsp3) is 0.698. The number of piperazine rings is 1. The van der Waals surface area contributed by atoms with Crippen LogP contribution in [-0.4, -0.2) is 185 Å². The fourth-order valence-electron chi connectivity index (χ4n) is 9.95. The molecule has 3 aliphatic rings. The molecule has 1 aromatic carbocycles. The minimum Gasteiger partial charge on any atom is -0.469 e. The van der Waals surface area contributed by atoms with E-state index in [1.165, 1.54) is 30.5 Å². The number of ether oxygens (including phenoxy) is 4. The second-order valence-electron chi connectivity index (χ2n) is 21.1. The largest absolute Gasteiger partial charge is 0.469 e. The molecule has 2 saturated heterocycles. The zero-order valence-electron chi connectivity index (χ0n) is 53.1. The van der Waals surface area contributed by atoms with E-state index in [4.69, 9.17) is 34.8 Å². The number of pyridine rings is 1. The van der Waals surface area contributed by atoms with Gasteiger partial charge in [-0.25, -0.2) is 19.5 Å². The van der Waals surface area contributed by atoms with Gasteiger partial charge in [-0.15, -0.1) is 0 Å². The molecule has 0 spiro atoms. The van der Waals surface area contributed by atoms with Crippen molar-refractivity contribution in [2.75, 3.05) is 136 Å². The Kier molecular flexibility index (Phi) is 36.9. The third-order valence-electron chi connectivity index (χ3n) is 14.7. The van der Waals surface area contributed by atoms with Gasteiger partial charge in [0.05, 0.1) is 64.6 Å². The molecule has 21 heteroatoms. The van der Waals surface area contributed by atoms with Crippen molar-refractivity contribution >= 4 is 41.2 Å². The Balaban J connectivity index is 0.00000219. The quantitative estimate of drug-likeness (QED) is 0.0227. The lowest BCUT2D eigenvalue weighted by atomic mass is 9.93. The zero-order valence-corrected chi connectivity index (χ0v) is 53.1. The van der Waals surface area contributed by atoms with Gasteiger partial charge in [0.2, 0.25) is 17.7 Å². The number of nitrogens with one attached hydrogen (secondary N) is 4. The number of fused-ring (bicyclic) bond motifs is 1. The number of hydrazine groups is 1. The van der Waals surface area contributed by atoms with Gasteiger partial charge in [0, 0.05) is 108 Å². The molecule has 6 N–H and O–H groups in total. The second-order valence-corrected chi connectivity index (χ2v) is 21.1. The number of amides is 5. The maximum atomic E-state index is 13.4. The van der Waals surface area contributed by atoms with Crippen molar-refractivity contribution in [2.24, 2.45) is 11.7 Å². The van der Waals surface area contributed by atoms with Crippen molar-refractivity contribution in [1.29, 1.82) is 0 Å². The van der Waals surface area contributed by atoms with Gasteiger partial charge in [0.15, 0.2) is 0 Å². The van der Waals surface area contributed by atoms with Crippen LogP contribution in [0.1, 0.15) is 160 Å². The Morgan fingerprint density at radius 2 is 1.48 bits per heavy atom. The number of hydrogen-bond acceptors (Lipinski definition) is 15. The molecule has 2 aromatic heterocycles. The Morgan fingerprint density at radius 3 is 2.12 bits per heavy atom. The molecule has 0 radical (unpaired) electrons. The average Bonchev–Trinajstić information content (AvgIpc) is 4.25. The van der Waals surface area contributed by atoms with E-state index in [2.05, 4.69) is 88.3 Å². The lowest BCUT2D eigenvalue weighted by Crippen LogP contribution is -2.51. The van der Waals surface area contributed by atoms with E-state index in [9.17, 15) is 24.0 Å². The Hall–Kier alpha value is -5.87. The number of benzene rings is 1. The van der Waals surface area contributed by atoms with Crippen molar-refractivity contribution in [1.82, 2.24) is 45.6 Å². The monoisotopic (exact) mass is 1180 g/mol. The highest BCUT2D eigenvalue weighted by Gasteiger charge is 2.29. The van der Waals surface area contributed by atoms with Crippen LogP contribution in [0.25, 0.3) is 5.69 Å². The number of nitrogens with two attached hydrogens (primary N) is 1. The van der Waals surface area contributed by atoms with E-state index >= 15 is 0 Å². The van der Waals surface area contributed by atoms with Crippen LogP contribution in [0.3, 0.4) is 0 Å². The first-order valence-corrected chi connectivity index (χ1v) is 31.6. The maximum absolute atomic E-state index is 13.4. The zero-order chi connectivity index (χ0) is 61.5. The fourth-order valence-corrected chi connectivity index (χ4v) is 9.95. The number of urea groups is 1. The first kappa shape index (κ1) is 72.4. The van der Waals surface area contributed by atoms with E-state index in [-0.39, 0.29) is 62.0 Å². The van der Waals surface area contributed by atoms with Crippen molar-refractivity contribution in [2.45, 2.75) is 158 Å². The lowest BCUT2D eigenvalue weighted by Gasteiger charge is -2.37. The van der Waals surface area contributed by atoms with Crippen LogP contribution >= 0.6 is 0 Å². The summed E-state index contributed by atoms with van der Waals surface area (Å²) in [6, 6.07) is 12.6. The summed E-state index contributed by atoms with van der Waals surface area (Å²) in [4.78, 5) is 74.9. The highest BCUT2D eigenvalue weighted by molar-refractivity contribution is 5.81. The number of likely N-dealkylation sites (tertiary alicyclic amines) is 1. The van der Waals surface area contributed by atoms with Crippen LogP contribution in [0.2, 0.25) is 0 Å². The minimum absolute atomic E-state index is 0.0400. The van der Waals surface area contributed by atoms with E-state index in [0.717, 1.165) is 105 Å². The summed E-state index contributed by atoms with van der Waals surface area (Å²) in [6.45, 7) is 27.8. The van der Waals surface area contributed by atoms with Gasteiger partial charge in [-0.1, -0.05) is 67.4 Å². The topological polar surface area (TPSA) is 240 Å². The number of rotatable bonds is 32. The molecule has 3 aromatic rings. The van der Waals surface area contributed by atoms with Crippen LogP contribution in [0.15, 0.2) is 36.4 Å². The lowest BCUT2D eigenvalue weighted by molar-refractivity contribution is -0.141. The van der Waals surface area contributed by atoms with Crippen LogP contribution in [-0.2, 0) is 51.0 Å². The Bertz CT molecular complexity index is 2340. The summed E-state index contributed by atoms with van der Waals surface area (Å²) in [5.74, 6) is 0.950. The number of esters is 1. The smallest absolute Gasteiger partial charge is 0.336 e. The predicted octanol–water partition coefficient (Wildman–Crippen LogP) is 7.88. The van der Waals surface area contributed by atoms with E-state index < -0.39 is 6.03 Å². The highest BCUT2D eigenvalue weighted by Crippen LogP contribution is 2.33. The van der Waals surface area contributed by atoms with Gasteiger partial charge in [0.1, 0.15) is 5.82 Å². The molecule has 2 atom stereocenters. The average molecular weight is 1180 g/mol. The Labute approximate surface area is 503 Å². The molecule has 3 aliphatic heterocycles. The van der Waals surface area contributed by atoms with Crippen molar-refractivity contribution in [3.63, 3.8) is 0 Å².